The average molecular weight is 270 g/mol. The van der Waals surface area contributed by atoms with Gasteiger partial charge in [0.15, 0.2) is 0 Å². The second kappa shape index (κ2) is 5.31. The number of benzene rings is 1. The van der Waals surface area contributed by atoms with Crippen LogP contribution < -0.4 is 0 Å². The zero-order valence-corrected chi connectivity index (χ0v) is 12.3. The van der Waals surface area contributed by atoms with Crippen molar-refractivity contribution in [2.24, 2.45) is 0 Å². The van der Waals surface area contributed by atoms with Gasteiger partial charge in [-0.3, -0.25) is 4.79 Å². The fourth-order valence-electron chi connectivity index (χ4n) is 3.02. The Morgan fingerprint density at radius 2 is 2.10 bits per heavy atom. The molecule has 3 nitrogen and oxygen atoms in total. The van der Waals surface area contributed by atoms with Crippen LogP contribution in [0.15, 0.2) is 30.5 Å². The summed E-state index contributed by atoms with van der Waals surface area (Å²) in [7, 11) is 0. The molecule has 0 N–H and O–H groups in total. The Balaban J connectivity index is 1.88. The molecule has 1 saturated carbocycles. The van der Waals surface area contributed by atoms with E-state index in [-0.39, 0.29) is 5.91 Å². The normalized spacial score (nSPS) is 14.7. The van der Waals surface area contributed by atoms with Crippen LogP contribution in [0.3, 0.4) is 0 Å². The van der Waals surface area contributed by atoms with Crippen LogP contribution in [0, 0.1) is 0 Å². The Bertz CT molecular complexity index is 625. The van der Waals surface area contributed by atoms with Gasteiger partial charge < -0.3 is 9.47 Å². The van der Waals surface area contributed by atoms with Crippen LogP contribution in [0.25, 0.3) is 10.9 Å². The predicted octanol–water partition coefficient (Wildman–Crippen LogP) is 3.21. The highest BCUT2D eigenvalue weighted by molar-refractivity contribution is 5.86. The van der Waals surface area contributed by atoms with E-state index in [4.69, 9.17) is 0 Å². The second-order valence-electron chi connectivity index (χ2n) is 5.56. The molecule has 1 amide bonds. The number of amides is 1. The number of hydrogen-bond acceptors (Lipinski definition) is 1. The summed E-state index contributed by atoms with van der Waals surface area (Å²) in [5.41, 5.74) is 2.53. The first-order valence-electron chi connectivity index (χ1n) is 7.60. The summed E-state index contributed by atoms with van der Waals surface area (Å²) in [5, 5.41) is 1.23. The molecule has 2 aromatic rings. The first-order chi connectivity index (χ1) is 9.74. The molecule has 3 heteroatoms. The molecule has 0 spiro atoms. The monoisotopic (exact) mass is 270 g/mol. The molecule has 3 rings (SSSR count). The Labute approximate surface area is 120 Å². The second-order valence-corrected chi connectivity index (χ2v) is 5.56. The van der Waals surface area contributed by atoms with Crippen molar-refractivity contribution < 1.29 is 4.79 Å². The van der Waals surface area contributed by atoms with Gasteiger partial charge in [0.05, 0.1) is 5.52 Å². The fourth-order valence-corrected chi connectivity index (χ4v) is 3.02. The maximum atomic E-state index is 12.5. The van der Waals surface area contributed by atoms with Crippen LogP contribution in [0.4, 0.5) is 0 Å². The number of carbonyl (C=O) groups excluding carboxylic acids is 1. The summed E-state index contributed by atoms with van der Waals surface area (Å²) >= 11 is 0. The van der Waals surface area contributed by atoms with Crippen LogP contribution in [0.1, 0.15) is 32.3 Å². The average Bonchev–Trinajstić information content (AvgIpc) is 3.21. The number of fused-ring (bicyclic) bond motifs is 1. The minimum Gasteiger partial charge on any atom is -0.338 e. The van der Waals surface area contributed by atoms with Gasteiger partial charge in [-0.15, -0.1) is 0 Å². The van der Waals surface area contributed by atoms with Crippen LogP contribution >= 0.6 is 0 Å². The van der Waals surface area contributed by atoms with Crippen molar-refractivity contribution in [3.63, 3.8) is 0 Å². The number of para-hydroxylation sites is 1. The SMILES string of the molecule is CCc1cccc2ccn(CC(=O)N(CC)C3CC3)c12. The van der Waals surface area contributed by atoms with Gasteiger partial charge >= 0.3 is 0 Å². The Morgan fingerprint density at radius 3 is 2.75 bits per heavy atom. The van der Waals surface area contributed by atoms with Crippen LogP contribution in [0.2, 0.25) is 0 Å². The van der Waals surface area contributed by atoms with E-state index in [1.165, 1.54) is 29.3 Å². The van der Waals surface area contributed by atoms with Crippen molar-refractivity contribution in [3.05, 3.63) is 36.0 Å². The summed E-state index contributed by atoms with van der Waals surface area (Å²) < 4.78 is 2.11. The molecule has 0 saturated heterocycles. The van der Waals surface area contributed by atoms with Gasteiger partial charge in [-0.1, -0.05) is 25.1 Å². The van der Waals surface area contributed by atoms with E-state index in [9.17, 15) is 4.79 Å². The van der Waals surface area contributed by atoms with Crippen molar-refractivity contribution >= 4 is 16.8 Å². The third-order valence-electron chi connectivity index (χ3n) is 4.21. The number of carbonyl (C=O) groups is 1. The first kappa shape index (κ1) is 13.2. The Hall–Kier alpha value is -1.77. The first-order valence-corrected chi connectivity index (χ1v) is 7.60. The molecule has 1 aromatic heterocycles. The molecule has 1 aliphatic rings. The molecule has 1 heterocycles. The summed E-state index contributed by atoms with van der Waals surface area (Å²) in [4.78, 5) is 14.5. The van der Waals surface area contributed by atoms with Crippen LogP contribution in [-0.2, 0) is 17.8 Å². The number of aryl methyl sites for hydroxylation is 1. The standard InChI is InChI=1S/C17H22N2O/c1-3-13-6-5-7-14-10-11-18(17(13)14)12-16(20)19(4-2)15-8-9-15/h5-7,10-11,15H,3-4,8-9,12H2,1-2H3. The smallest absolute Gasteiger partial charge is 0.242 e. The highest BCUT2D eigenvalue weighted by atomic mass is 16.2. The van der Waals surface area contributed by atoms with Gasteiger partial charge in [-0.05, 0) is 43.2 Å². The fraction of sp³-hybridized carbons (Fsp3) is 0.471. The van der Waals surface area contributed by atoms with Gasteiger partial charge in [-0.25, -0.2) is 0 Å². The maximum Gasteiger partial charge on any atom is 0.242 e. The van der Waals surface area contributed by atoms with E-state index in [1.54, 1.807) is 0 Å². The quantitative estimate of drug-likeness (QED) is 0.819. The topological polar surface area (TPSA) is 25.2 Å². The molecule has 0 aliphatic heterocycles. The third kappa shape index (κ3) is 2.33. The summed E-state index contributed by atoms with van der Waals surface area (Å²) in [5.74, 6) is 0.249. The highest BCUT2D eigenvalue weighted by Gasteiger charge is 2.31. The lowest BCUT2D eigenvalue weighted by Gasteiger charge is -2.21. The lowest BCUT2D eigenvalue weighted by molar-refractivity contribution is -0.132. The highest BCUT2D eigenvalue weighted by Crippen LogP contribution is 2.27. The lowest BCUT2D eigenvalue weighted by Crippen LogP contribution is -2.35. The number of hydrogen-bond donors (Lipinski definition) is 0. The molecular weight excluding hydrogens is 248 g/mol. The van der Waals surface area contributed by atoms with E-state index >= 15 is 0 Å². The molecule has 1 aliphatic carbocycles. The van der Waals surface area contributed by atoms with Gasteiger partial charge in [-0.2, -0.15) is 0 Å². The third-order valence-corrected chi connectivity index (χ3v) is 4.21. The molecular formula is C17H22N2O. The van der Waals surface area contributed by atoms with Gasteiger partial charge in [0.1, 0.15) is 6.54 Å². The van der Waals surface area contributed by atoms with Gasteiger partial charge in [0, 0.05) is 18.8 Å². The Morgan fingerprint density at radius 1 is 1.30 bits per heavy atom. The van der Waals surface area contributed by atoms with E-state index in [2.05, 4.69) is 42.7 Å². The number of rotatable bonds is 5. The van der Waals surface area contributed by atoms with Crippen molar-refractivity contribution in [1.82, 2.24) is 9.47 Å². The van der Waals surface area contributed by atoms with Gasteiger partial charge in [0.25, 0.3) is 0 Å². The van der Waals surface area contributed by atoms with Crippen molar-refractivity contribution in [3.8, 4) is 0 Å². The van der Waals surface area contributed by atoms with Crippen LogP contribution in [0.5, 0.6) is 0 Å². The summed E-state index contributed by atoms with van der Waals surface area (Å²) in [6.07, 6.45) is 5.39. The zero-order chi connectivity index (χ0) is 14.1. The molecule has 106 valence electrons. The van der Waals surface area contributed by atoms with E-state index in [0.717, 1.165) is 13.0 Å². The number of aromatic nitrogens is 1. The van der Waals surface area contributed by atoms with Crippen LogP contribution in [-0.4, -0.2) is 28.0 Å². The Kier molecular flexibility index (Phi) is 3.51. The minimum absolute atomic E-state index is 0.249. The minimum atomic E-state index is 0.249. The van der Waals surface area contributed by atoms with Gasteiger partial charge in [0.2, 0.25) is 5.91 Å². The zero-order valence-electron chi connectivity index (χ0n) is 12.3. The molecule has 20 heavy (non-hydrogen) atoms. The van der Waals surface area contributed by atoms with E-state index in [1.807, 2.05) is 11.1 Å². The summed E-state index contributed by atoms with van der Waals surface area (Å²) in [6.45, 7) is 5.52. The molecule has 0 bridgehead atoms. The van der Waals surface area contributed by atoms with Crippen molar-refractivity contribution in [2.45, 2.75) is 45.7 Å². The predicted molar refractivity (Wildman–Crippen MR) is 81.7 cm³/mol. The van der Waals surface area contributed by atoms with Crippen molar-refractivity contribution in [1.29, 1.82) is 0 Å². The molecule has 1 fully saturated rings. The van der Waals surface area contributed by atoms with E-state index < -0.39 is 0 Å². The number of nitrogens with zero attached hydrogens (tertiary/aromatic N) is 2. The molecule has 0 radical (unpaired) electrons. The summed E-state index contributed by atoms with van der Waals surface area (Å²) in [6, 6.07) is 8.97. The lowest BCUT2D eigenvalue weighted by atomic mass is 10.1. The molecule has 0 unspecified atom stereocenters. The number of likely N-dealkylation sites (N-methyl/N-ethyl adjacent to an activating group) is 1. The molecule has 1 aromatic carbocycles. The van der Waals surface area contributed by atoms with Crippen molar-refractivity contribution in [2.75, 3.05) is 6.54 Å². The maximum absolute atomic E-state index is 12.5. The molecule has 0 atom stereocenters. The largest absolute Gasteiger partial charge is 0.338 e. The van der Waals surface area contributed by atoms with E-state index in [0.29, 0.717) is 12.6 Å².